The number of thiazole rings is 1. The molecule has 2 saturated carbocycles. The molecule has 3 N–H and O–H groups in total. The number of rotatable bonds is 7. The lowest BCUT2D eigenvalue weighted by atomic mass is 9.88. The third kappa shape index (κ3) is 5.85. The van der Waals surface area contributed by atoms with Gasteiger partial charge in [0.15, 0.2) is 5.13 Å². The quantitative estimate of drug-likeness (QED) is 0.639. The molecule has 31 heavy (non-hydrogen) atoms. The van der Waals surface area contributed by atoms with Crippen LogP contribution in [0.3, 0.4) is 0 Å². The number of anilines is 2. The van der Waals surface area contributed by atoms with Gasteiger partial charge in [0.1, 0.15) is 0 Å². The summed E-state index contributed by atoms with van der Waals surface area (Å²) in [5, 5.41) is 5.42. The highest BCUT2D eigenvalue weighted by Gasteiger charge is 2.30. The zero-order valence-electron chi connectivity index (χ0n) is 18.0. The maximum Gasteiger partial charge on any atom is 0.243 e. The van der Waals surface area contributed by atoms with E-state index in [4.69, 9.17) is 5.73 Å². The number of hydrogen-bond acceptors (Lipinski definition) is 5. The normalized spacial score (nSPS) is 17.5. The Bertz CT molecular complexity index is 883. The third-order valence-electron chi connectivity index (χ3n) is 6.54. The number of hydrogen-bond donors (Lipinski definition) is 2. The van der Waals surface area contributed by atoms with Crippen molar-refractivity contribution in [2.45, 2.75) is 57.8 Å². The lowest BCUT2D eigenvalue weighted by Gasteiger charge is -2.31. The van der Waals surface area contributed by atoms with Crippen molar-refractivity contribution >= 4 is 34.0 Å². The van der Waals surface area contributed by atoms with Crippen molar-refractivity contribution in [3.05, 3.63) is 29.6 Å². The predicted molar refractivity (Wildman–Crippen MR) is 126 cm³/mol. The van der Waals surface area contributed by atoms with Crippen LogP contribution in [-0.4, -0.2) is 34.8 Å². The minimum absolute atomic E-state index is 0.0984. The molecule has 0 unspecified atom stereocenters. The van der Waals surface area contributed by atoms with Crippen molar-refractivity contribution in [2.75, 3.05) is 24.1 Å². The van der Waals surface area contributed by atoms with E-state index in [9.17, 15) is 9.59 Å². The largest absolute Gasteiger partial charge is 0.375 e. The highest BCUT2D eigenvalue weighted by molar-refractivity contribution is 7.13. The van der Waals surface area contributed by atoms with Gasteiger partial charge < -0.3 is 16.0 Å². The number of amides is 2. The van der Waals surface area contributed by atoms with Gasteiger partial charge >= 0.3 is 0 Å². The van der Waals surface area contributed by atoms with E-state index >= 15 is 0 Å². The minimum atomic E-state index is -0.132. The van der Waals surface area contributed by atoms with Gasteiger partial charge in [0.2, 0.25) is 11.8 Å². The fourth-order valence-electron chi connectivity index (χ4n) is 4.86. The van der Waals surface area contributed by atoms with Gasteiger partial charge in [-0.2, -0.15) is 0 Å². The summed E-state index contributed by atoms with van der Waals surface area (Å²) in [5.74, 6) is 0.667. The van der Waals surface area contributed by atoms with Crippen LogP contribution >= 0.6 is 11.3 Å². The van der Waals surface area contributed by atoms with Crippen molar-refractivity contribution in [1.29, 1.82) is 0 Å². The van der Waals surface area contributed by atoms with Crippen molar-refractivity contribution in [1.82, 2.24) is 9.88 Å². The number of nitrogens with two attached hydrogens (primary N) is 1. The molecule has 7 heteroatoms. The fraction of sp³-hybridized carbons (Fsp3) is 0.542. The molecule has 2 amide bonds. The van der Waals surface area contributed by atoms with E-state index in [0.717, 1.165) is 42.6 Å². The van der Waals surface area contributed by atoms with Gasteiger partial charge in [-0.05, 0) is 43.7 Å². The van der Waals surface area contributed by atoms with Crippen LogP contribution in [0.5, 0.6) is 0 Å². The molecule has 0 atom stereocenters. The van der Waals surface area contributed by atoms with Gasteiger partial charge in [-0.15, -0.1) is 11.3 Å². The smallest absolute Gasteiger partial charge is 0.243 e. The molecular weight excluding hydrogens is 408 g/mol. The maximum absolute atomic E-state index is 13.1. The lowest BCUT2D eigenvalue weighted by molar-refractivity contribution is -0.139. The highest BCUT2D eigenvalue weighted by atomic mass is 32.1. The monoisotopic (exact) mass is 440 g/mol. The van der Waals surface area contributed by atoms with Crippen molar-refractivity contribution < 1.29 is 9.59 Å². The van der Waals surface area contributed by atoms with Crippen molar-refractivity contribution in [3.8, 4) is 11.3 Å². The van der Waals surface area contributed by atoms with E-state index in [1.807, 2.05) is 34.5 Å². The number of nitrogens with one attached hydrogen (secondary N) is 1. The first kappa shape index (κ1) is 21.8. The third-order valence-corrected chi connectivity index (χ3v) is 7.21. The zero-order chi connectivity index (χ0) is 21.6. The predicted octanol–water partition coefficient (Wildman–Crippen LogP) is 4.93. The Morgan fingerprint density at radius 1 is 1.03 bits per heavy atom. The van der Waals surface area contributed by atoms with Gasteiger partial charge in [-0.25, -0.2) is 4.98 Å². The Kier molecular flexibility index (Phi) is 7.22. The van der Waals surface area contributed by atoms with Gasteiger partial charge in [0.25, 0.3) is 0 Å². The molecule has 0 radical (unpaired) electrons. The summed E-state index contributed by atoms with van der Waals surface area (Å²) < 4.78 is 0. The second-order valence-corrected chi connectivity index (χ2v) is 9.79. The number of aromatic nitrogens is 1. The first-order chi connectivity index (χ1) is 15.1. The summed E-state index contributed by atoms with van der Waals surface area (Å²) in [5.41, 5.74) is 8.23. The summed E-state index contributed by atoms with van der Waals surface area (Å²) in [6.07, 6.45) is 10.3. The van der Waals surface area contributed by atoms with Crippen LogP contribution in [0.25, 0.3) is 11.3 Å². The average Bonchev–Trinajstić information content (AvgIpc) is 3.46. The summed E-state index contributed by atoms with van der Waals surface area (Å²) in [6.45, 7) is 0.850. The molecule has 2 fully saturated rings. The zero-order valence-corrected chi connectivity index (χ0v) is 18.8. The van der Waals surface area contributed by atoms with Crippen LogP contribution in [0, 0.1) is 11.8 Å². The summed E-state index contributed by atoms with van der Waals surface area (Å²) >= 11 is 1.41. The molecule has 1 aromatic carbocycles. The lowest BCUT2D eigenvalue weighted by Crippen LogP contribution is -2.43. The number of benzene rings is 1. The van der Waals surface area contributed by atoms with E-state index in [-0.39, 0.29) is 24.3 Å². The number of nitrogen functional groups attached to an aromatic ring is 1. The number of carbonyl (C=O) groups is 2. The molecule has 1 heterocycles. The molecule has 0 bridgehead atoms. The molecule has 6 nitrogen and oxygen atoms in total. The maximum atomic E-state index is 13.1. The number of carbonyl (C=O) groups excluding carboxylic acids is 2. The van der Waals surface area contributed by atoms with Crippen LogP contribution in [0.1, 0.15) is 57.8 Å². The summed E-state index contributed by atoms with van der Waals surface area (Å²) in [4.78, 5) is 32.1. The Labute approximate surface area is 188 Å². The second-order valence-electron chi connectivity index (χ2n) is 8.90. The van der Waals surface area contributed by atoms with E-state index in [2.05, 4.69) is 10.3 Å². The SMILES string of the molecule is Nc1nc(-c2ccc(NC(=O)CN(CC3CCCCC3)C(=O)C3CCCC3)cc2)cs1. The molecule has 2 aliphatic rings. The molecular formula is C24H32N4O2S. The Balaban J connectivity index is 1.38. The summed E-state index contributed by atoms with van der Waals surface area (Å²) in [7, 11) is 0. The van der Waals surface area contributed by atoms with Crippen LogP contribution in [0.4, 0.5) is 10.8 Å². The number of nitrogens with zero attached hydrogens (tertiary/aromatic N) is 2. The Hall–Kier alpha value is -2.41. The van der Waals surface area contributed by atoms with Gasteiger partial charge in [0, 0.05) is 29.1 Å². The first-order valence-electron chi connectivity index (χ1n) is 11.5. The van der Waals surface area contributed by atoms with Gasteiger partial charge in [-0.1, -0.05) is 44.2 Å². The average molecular weight is 441 g/mol. The van der Waals surface area contributed by atoms with Crippen molar-refractivity contribution in [2.24, 2.45) is 11.8 Å². The molecule has 1 aromatic heterocycles. The molecule has 2 aliphatic carbocycles. The van der Waals surface area contributed by atoms with Crippen LogP contribution in [-0.2, 0) is 9.59 Å². The Morgan fingerprint density at radius 3 is 2.35 bits per heavy atom. The fourth-order valence-corrected chi connectivity index (χ4v) is 5.44. The molecule has 166 valence electrons. The van der Waals surface area contributed by atoms with E-state index in [1.54, 1.807) is 0 Å². The van der Waals surface area contributed by atoms with E-state index in [1.165, 1.54) is 43.4 Å². The van der Waals surface area contributed by atoms with Gasteiger partial charge in [0.05, 0.1) is 12.2 Å². The second kappa shape index (κ2) is 10.3. The van der Waals surface area contributed by atoms with E-state index in [0.29, 0.717) is 17.6 Å². The molecule has 0 saturated heterocycles. The first-order valence-corrected chi connectivity index (χ1v) is 12.4. The van der Waals surface area contributed by atoms with Crippen LogP contribution in [0.15, 0.2) is 29.6 Å². The molecule has 4 rings (SSSR count). The van der Waals surface area contributed by atoms with E-state index < -0.39 is 0 Å². The van der Waals surface area contributed by atoms with Crippen LogP contribution in [0.2, 0.25) is 0 Å². The topological polar surface area (TPSA) is 88.3 Å². The standard InChI is InChI=1S/C24H32N4O2S/c25-24-27-21(16-31-24)18-10-12-20(13-11-18)26-22(29)15-28(14-17-6-2-1-3-7-17)23(30)19-8-4-5-9-19/h10-13,16-17,19H,1-9,14-15H2,(H2,25,27)(H,26,29). The minimum Gasteiger partial charge on any atom is -0.375 e. The molecule has 0 spiro atoms. The summed E-state index contributed by atoms with van der Waals surface area (Å²) in [6, 6.07) is 7.58. The van der Waals surface area contributed by atoms with Crippen molar-refractivity contribution in [3.63, 3.8) is 0 Å². The highest BCUT2D eigenvalue weighted by Crippen LogP contribution is 2.29. The van der Waals surface area contributed by atoms with Gasteiger partial charge in [-0.3, -0.25) is 9.59 Å². The Morgan fingerprint density at radius 2 is 1.71 bits per heavy atom. The van der Waals surface area contributed by atoms with Crippen LogP contribution < -0.4 is 11.1 Å². The molecule has 2 aromatic rings. The molecule has 0 aliphatic heterocycles.